The Labute approximate surface area is 197 Å². The smallest absolute Gasteiger partial charge is 0.407 e. The molecule has 9 heteroatoms. The van der Waals surface area contributed by atoms with Crippen LogP contribution in [0.5, 0.6) is 0 Å². The van der Waals surface area contributed by atoms with Crippen molar-refractivity contribution < 1.29 is 29.0 Å². The minimum Gasteiger partial charge on any atom is -0.480 e. The van der Waals surface area contributed by atoms with Gasteiger partial charge in [0, 0.05) is 13.0 Å². The zero-order chi connectivity index (χ0) is 23.8. The van der Waals surface area contributed by atoms with Crippen LogP contribution in [0.2, 0.25) is 0 Å². The van der Waals surface area contributed by atoms with Gasteiger partial charge < -0.3 is 25.2 Å². The molecule has 1 aliphatic rings. The Balaban J connectivity index is 1.62. The number of thioether (sulfide) groups is 1. The molecule has 0 bridgehead atoms. The number of carbonyl (C=O) groups excluding carboxylic acids is 2. The molecular weight excluding hydrogens is 444 g/mol. The third-order valence-corrected chi connectivity index (χ3v) is 6.15. The fourth-order valence-corrected chi connectivity index (χ4v) is 4.37. The molecule has 2 aromatic rings. The van der Waals surface area contributed by atoms with E-state index in [-0.39, 0.29) is 25.6 Å². The average Bonchev–Trinajstić information content (AvgIpc) is 3.13. The Hall–Kier alpha value is -3.04. The lowest BCUT2D eigenvalue weighted by molar-refractivity contribution is -0.142. The van der Waals surface area contributed by atoms with Crippen molar-refractivity contribution in [2.75, 3.05) is 32.3 Å². The van der Waals surface area contributed by atoms with Crippen LogP contribution in [-0.4, -0.2) is 67.5 Å². The summed E-state index contributed by atoms with van der Waals surface area (Å²) in [7, 11) is 1.39. The van der Waals surface area contributed by atoms with E-state index in [0.717, 1.165) is 22.3 Å². The number of methoxy groups -OCH3 is 1. The number of fused-ring (bicyclic) bond motifs is 3. The second-order valence-corrected chi connectivity index (χ2v) is 8.64. The van der Waals surface area contributed by atoms with Crippen LogP contribution in [-0.2, 0) is 19.1 Å². The second kappa shape index (κ2) is 11.7. The van der Waals surface area contributed by atoms with Crippen LogP contribution in [0.4, 0.5) is 4.79 Å². The highest BCUT2D eigenvalue weighted by Crippen LogP contribution is 2.44. The Morgan fingerprint density at radius 3 is 2.15 bits per heavy atom. The zero-order valence-corrected chi connectivity index (χ0v) is 19.4. The van der Waals surface area contributed by atoms with Crippen molar-refractivity contribution in [2.24, 2.45) is 0 Å². The van der Waals surface area contributed by atoms with E-state index in [2.05, 4.69) is 10.6 Å². The number of aliphatic carboxylic acids is 1. The summed E-state index contributed by atoms with van der Waals surface area (Å²) in [4.78, 5) is 36.5. The number of carboxylic acids is 1. The first-order chi connectivity index (χ1) is 16.0. The number of amides is 2. The minimum atomic E-state index is -1.13. The molecule has 3 rings (SSSR count). The number of ether oxygens (including phenoxy) is 2. The van der Waals surface area contributed by atoms with Gasteiger partial charge in [0.1, 0.15) is 18.7 Å². The van der Waals surface area contributed by atoms with E-state index in [1.807, 2.05) is 54.8 Å². The molecule has 0 saturated carbocycles. The van der Waals surface area contributed by atoms with Crippen LogP contribution in [0.15, 0.2) is 48.5 Å². The molecule has 0 saturated heterocycles. The molecular formula is C24H28N2O6S. The summed E-state index contributed by atoms with van der Waals surface area (Å²) in [6.07, 6.45) is 1.35. The van der Waals surface area contributed by atoms with Crippen molar-refractivity contribution in [3.63, 3.8) is 0 Å². The molecule has 2 aromatic carbocycles. The van der Waals surface area contributed by atoms with Crippen LogP contribution >= 0.6 is 11.8 Å². The Morgan fingerprint density at radius 2 is 1.61 bits per heavy atom. The lowest BCUT2D eigenvalue weighted by Gasteiger charge is -2.21. The van der Waals surface area contributed by atoms with Gasteiger partial charge in [-0.05, 0) is 40.7 Å². The van der Waals surface area contributed by atoms with Gasteiger partial charge in [-0.2, -0.15) is 11.8 Å². The van der Waals surface area contributed by atoms with Crippen LogP contribution in [0.25, 0.3) is 11.1 Å². The van der Waals surface area contributed by atoms with Gasteiger partial charge >= 0.3 is 12.1 Å². The maximum atomic E-state index is 12.6. The van der Waals surface area contributed by atoms with Crippen molar-refractivity contribution in [3.05, 3.63) is 59.7 Å². The summed E-state index contributed by atoms with van der Waals surface area (Å²) in [5.74, 6) is -1.30. The number of alkyl carbamates (subject to hydrolysis) is 1. The van der Waals surface area contributed by atoms with Crippen molar-refractivity contribution in [1.82, 2.24) is 10.6 Å². The number of nitrogens with one attached hydrogen (secondary N) is 2. The van der Waals surface area contributed by atoms with Crippen LogP contribution in [0.3, 0.4) is 0 Å². The van der Waals surface area contributed by atoms with E-state index in [1.54, 1.807) is 0 Å². The molecule has 0 aliphatic heterocycles. The molecule has 33 heavy (non-hydrogen) atoms. The molecule has 2 atom stereocenters. The Bertz CT molecular complexity index is 953. The minimum absolute atomic E-state index is 0.104. The summed E-state index contributed by atoms with van der Waals surface area (Å²) in [6.45, 7) is -0.0163. The highest BCUT2D eigenvalue weighted by atomic mass is 32.2. The lowest BCUT2D eigenvalue weighted by atomic mass is 9.98. The lowest BCUT2D eigenvalue weighted by Crippen LogP contribution is -2.53. The molecule has 0 radical (unpaired) electrons. The summed E-state index contributed by atoms with van der Waals surface area (Å²) in [6, 6.07) is 13.8. The SMILES string of the molecule is COCC(NC(=O)OCC1c2ccccc2-c2ccccc21)C(=O)N[C@@H](CCSC)C(=O)O. The topological polar surface area (TPSA) is 114 Å². The van der Waals surface area contributed by atoms with Gasteiger partial charge in [-0.15, -0.1) is 0 Å². The van der Waals surface area contributed by atoms with Crippen molar-refractivity contribution >= 4 is 29.7 Å². The number of carbonyl (C=O) groups is 3. The molecule has 0 fully saturated rings. The first-order valence-corrected chi connectivity index (χ1v) is 12.0. The van der Waals surface area contributed by atoms with E-state index in [1.165, 1.54) is 18.9 Å². The predicted molar refractivity (Wildman–Crippen MR) is 126 cm³/mol. The van der Waals surface area contributed by atoms with Crippen molar-refractivity contribution in [3.8, 4) is 11.1 Å². The molecule has 0 heterocycles. The van der Waals surface area contributed by atoms with E-state index in [9.17, 15) is 19.5 Å². The molecule has 3 N–H and O–H groups in total. The van der Waals surface area contributed by atoms with Gasteiger partial charge in [0.05, 0.1) is 6.61 Å². The molecule has 1 unspecified atom stereocenters. The fourth-order valence-electron chi connectivity index (χ4n) is 3.90. The number of rotatable bonds is 11. The van der Waals surface area contributed by atoms with Gasteiger partial charge in [0.25, 0.3) is 0 Å². The molecule has 8 nitrogen and oxygen atoms in total. The van der Waals surface area contributed by atoms with Gasteiger partial charge in [-0.3, -0.25) is 4.79 Å². The van der Waals surface area contributed by atoms with E-state index in [0.29, 0.717) is 5.75 Å². The zero-order valence-electron chi connectivity index (χ0n) is 18.6. The third-order valence-electron chi connectivity index (χ3n) is 5.51. The van der Waals surface area contributed by atoms with Crippen molar-refractivity contribution in [2.45, 2.75) is 24.4 Å². The van der Waals surface area contributed by atoms with Gasteiger partial charge in [-0.25, -0.2) is 9.59 Å². The van der Waals surface area contributed by atoms with E-state index in [4.69, 9.17) is 9.47 Å². The Morgan fingerprint density at radius 1 is 1.00 bits per heavy atom. The van der Waals surface area contributed by atoms with Crippen LogP contribution in [0, 0.1) is 0 Å². The van der Waals surface area contributed by atoms with Gasteiger partial charge in [0.15, 0.2) is 0 Å². The summed E-state index contributed by atoms with van der Waals surface area (Å²) < 4.78 is 10.5. The first kappa shape index (κ1) is 24.6. The highest BCUT2D eigenvalue weighted by molar-refractivity contribution is 7.98. The molecule has 1 aliphatic carbocycles. The quantitative estimate of drug-likeness (QED) is 0.461. The second-order valence-electron chi connectivity index (χ2n) is 7.66. The number of hydrogen-bond donors (Lipinski definition) is 3. The van der Waals surface area contributed by atoms with Gasteiger partial charge in [-0.1, -0.05) is 48.5 Å². The monoisotopic (exact) mass is 472 g/mol. The first-order valence-electron chi connectivity index (χ1n) is 10.6. The van der Waals surface area contributed by atoms with Crippen LogP contribution in [0.1, 0.15) is 23.5 Å². The molecule has 2 amide bonds. The molecule has 176 valence electrons. The van der Waals surface area contributed by atoms with Gasteiger partial charge in [0.2, 0.25) is 5.91 Å². The van der Waals surface area contributed by atoms with E-state index < -0.39 is 30.1 Å². The summed E-state index contributed by atoms with van der Waals surface area (Å²) >= 11 is 1.48. The van der Waals surface area contributed by atoms with Crippen LogP contribution < -0.4 is 10.6 Å². The standard InChI is InChI=1S/C24H28N2O6S/c1-31-14-21(22(27)25-20(23(28)29)11-12-33-2)26-24(30)32-13-19-17-9-5-3-7-15(17)16-8-4-6-10-18(16)19/h3-10,19-21H,11-14H2,1-2H3,(H,25,27)(H,26,30)(H,28,29)/t20-,21?/m0/s1. The Kier molecular flexibility index (Phi) is 8.73. The fraction of sp³-hybridized carbons (Fsp3) is 0.375. The normalized spacial score (nSPS) is 14.0. The molecule has 0 spiro atoms. The number of carboxylic acid groups (broad SMARTS) is 1. The van der Waals surface area contributed by atoms with Crippen molar-refractivity contribution in [1.29, 1.82) is 0 Å². The largest absolute Gasteiger partial charge is 0.480 e. The third kappa shape index (κ3) is 6.06. The highest BCUT2D eigenvalue weighted by Gasteiger charge is 2.30. The average molecular weight is 473 g/mol. The number of benzene rings is 2. The predicted octanol–water partition coefficient (Wildman–Crippen LogP) is 2.86. The molecule has 0 aromatic heterocycles. The maximum absolute atomic E-state index is 12.6. The van der Waals surface area contributed by atoms with E-state index >= 15 is 0 Å². The summed E-state index contributed by atoms with van der Waals surface area (Å²) in [5.41, 5.74) is 4.39. The number of hydrogen-bond acceptors (Lipinski definition) is 6. The summed E-state index contributed by atoms with van der Waals surface area (Å²) in [5, 5.41) is 14.3. The maximum Gasteiger partial charge on any atom is 0.407 e.